The predicted molar refractivity (Wildman–Crippen MR) is 57.1 cm³/mol. The second kappa shape index (κ2) is 3.43. The number of aliphatic hydroxyl groups excluding tert-OH is 1. The standard InChI is InChI=1S/C10H13N5O/c1-6-9(3-12-13-6)15-5-7-8(14-15)2-11-4-10(7)16/h3,5,10-11,16H,2,4H2,1H3,(H,12,13). The molecule has 6 nitrogen and oxygen atoms in total. The quantitative estimate of drug-likeness (QED) is 0.632. The van der Waals surface area contributed by atoms with Crippen molar-refractivity contribution in [2.45, 2.75) is 19.6 Å². The maximum atomic E-state index is 9.80. The molecule has 3 heterocycles. The average Bonchev–Trinajstić information content (AvgIpc) is 2.84. The number of β-amino-alcohol motifs (C(OH)–C–C–N with tert-alkyl or cyclic N) is 1. The summed E-state index contributed by atoms with van der Waals surface area (Å²) in [6, 6.07) is 0. The van der Waals surface area contributed by atoms with Gasteiger partial charge in [0.25, 0.3) is 0 Å². The third-order valence-corrected chi connectivity index (χ3v) is 2.86. The number of hydrogen-bond acceptors (Lipinski definition) is 4. The van der Waals surface area contributed by atoms with Gasteiger partial charge in [0, 0.05) is 24.8 Å². The summed E-state index contributed by atoms with van der Waals surface area (Å²) in [5, 5.41) is 24.2. The molecular weight excluding hydrogens is 206 g/mol. The highest BCUT2D eigenvalue weighted by atomic mass is 16.3. The van der Waals surface area contributed by atoms with Crippen molar-refractivity contribution in [3.8, 4) is 5.69 Å². The summed E-state index contributed by atoms with van der Waals surface area (Å²) < 4.78 is 1.76. The molecule has 6 heteroatoms. The number of aromatic nitrogens is 4. The normalized spacial score (nSPS) is 19.8. The molecule has 16 heavy (non-hydrogen) atoms. The molecule has 0 aliphatic carbocycles. The van der Waals surface area contributed by atoms with Crippen molar-refractivity contribution in [1.29, 1.82) is 0 Å². The molecule has 2 aromatic rings. The van der Waals surface area contributed by atoms with E-state index in [0.717, 1.165) is 22.6 Å². The average molecular weight is 219 g/mol. The number of aromatic amines is 1. The Kier molecular flexibility index (Phi) is 2.05. The van der Waals surface area contributed by atoms with Crippen LogP contribution >= 0.6 is 0 Å². The first-order valence-electron chi connectivity index (χ1n) is 5.23. The number of aryl methyl sites for hydroxylation is 1. The van der Waals surface area contributed by atoms with Crippen LogP contribution in [0, 0.1) is 6.92 Å². The fraction of sp³-hybridized carbons (Fsp3) is 0.400. The monoisotopic (exact) mass is 219 g/mol. The van der Waals surface area contributed by atoms with Crippen LogP contribution in [-0.4, -0.2) is 31.6 Å². The number of nitrogens with zero attached hydrogens (tertiary/aromatic N) is 3. The second-order valence-corrected chi connectivity index (χ2v) is 4.00. The Morgan fingerprint density at radius 1 is 1.56 bits per heavy atom. The zero-order chi connectivity index (χ0) is 11.1. The lowest BCUT2D eigenvalue weighted by Gasteiger charge is -2.16. The summed E-state index contributed by atoms with van der Waals surface area (Å²) in [5.41, 5.74) is 3.68. The zero-order valence-electron chi connectivity index (χ0n) is 8.94. The van der Waals surface area contributed by atoms with Gasteiger partial charge in [0.15, 0.2) is 0 Å². The van der Waals surface area contributed by atoms with Crippen LogP contribution in [0.3, 0.4) is 0 Å². The lowest BCUT2D eigenvalue weighted by atomic mass is 10.1. The van der Waals surface area contributed by atoms with Crippen molar-refractivity contribution in [1.82, 2.24) is 25.3 Å². The van der Waals surface area contributed by atoms with Crippen LogP contribution in [0.25, 0.3) is 5.69 Å². The smallest absolute Gasteiger partial charge is 0.105 e. The third kappa shape index (κ3) is 1.35. The molecule has 84 valence electrons. The third-order valence-electron chi connectivity index (χ3n) is 2.86. The zero-order valence-corrected chi connectivity index (χ0v) is 8.94. The summed E-state index contributed by atoms with van der Waals surface area (Å²) in [6.45, 7) is 3.23. The molecule has 0 radical (unpaired) electrons. The van der Waals surface area contributed by atoms with E-state index in [1.807, 2.05) is 13.1 Å². The van der Waals surface area contributed by atoms with Crippen LogP contribution in [0.1, 0.15) is 23.1 Å². The molecule has 0 spiro atoms. The second-order valence-electron chi connectivity index (χ2n) is 4.00. The van der Waals surface area contributed by atoms with E-state index in [0.29, 0.717) is 13.1 Å². The summed E-state index contributed by atoms with van der Waals surface area (Å²) in [5.74, 6) is 0. The van der Waals surface area contributed by atoms with Crippen LogP contribution in [0.5, 0.6) is 0 Å². The Hall–Kier alpha value is -1.66. The van der Waals surface area contributed by atoms with Crippen LogP contribution in [-0.2, 0) is 6.54 Å². The van der Waals surface area contributed by atoms with Gasteiger partial charge >= 0.3 is 0 Å². The molecule has 1 atom stereocenters. The molecule has 1 unspecified atom stereocenters. The molecule has 2 aromatic heterocycles. The Bertz CT molecular complexity index is 515. The van der Waals surface area contributed by atoms with Crippen LogP contribution < -0.4 is 5.32 Å². The fourth-order valence-corrected chi connectivity index (χ4v) is 1.97. The number of rotatable bonds is 1. The maximum absolute atomic E-state index is 9.80. The number of nitrogens with one attached hydrogen (secondary N) is 2. The van der Waals surface area contributed by atoms with E-state index >= 15 is 0 Å². The van der Waals surface area contributed by atoms with Gasteiger partial charge < -0.3 is 10.4 Å². The molecule has 1 aliphatic heterocycles. The van der Waals surface area contributed by atoms with Crippen molar-refractivity contribution >= 4 is 0 Å². The molecule has 0 fully saturated rings. The predicted octanol–water partition coefficient (Wildman–Crippen LogP) is 0.0404. The Balaban J connectivity index is 2.08. The van der Waals surface area contributed by atoms with E-state index in [-0.39, 0.29) is 0 Å². The van der Waals surface area contributed by atoms with Gasteiger partial charge in [-0.05, 0) is 6.92 Å². The van der Waals surface area contributed by atoms with Gasteiger partial charge in [0.2, 0.25) is 0 Å². The minimum Gasteiger partial charge on any atom is -0.387 e. The van der Waals surface area contributed by atoms with Crippen LogP contribution in [0.4, 0.5) is 0 Å². The summed E-state index contributed by atoms with van der Waals surface area (Å²) >= 11 is 0. The number of H-pyrrole nitrogens is 1. The summed E-state index contributed by atoms with van der Waals surface area (Å²) in [4.78, 5) is 0. The van der Waals surface area contributed by atoms with Crippen molar-refractivity contribution in [3.63, 3.8) is 0 Å². The molecule has 0 amide bonds. The summed E-state index contributed by atoms with van der Waals surface area (Å²) in [7, 11) is 0. The molecule has 0 saturated heterocycles. The maximum Gasteiger partial charge on any atom is 0.105 e. The van der Waals surface area contributed by atoms with Crippen molar-refractivity contribution in [2.24, 2.45) is 0 Å². The van der Waals surface area contributed by atoms with Gasteiger partial charge in [-0.3, -0.25) is 5.10 Å². The minimum absolute atomic E-state index is 0.468. The van der Waals surface area contributed by atoms with Gasteiger partial charge in [-0.15, -0.1) is 0 Å². The van der Waals surface area contributed by atoms with Crippen molar-refractivity contribution in [3.05, 3.63) is 29.3 Å². The SMILES string of the molecule is Cc1[nH]ncc1-n1cc2c(n1)CNCC2O. The van der Waals surface area contributed by atoms with Gasteiger partial charge in [-0.2, -0.15) is 10.2 Å². The van der Waals surface area contributed by atoms with E-state index in [4.69, 9.17) is 0 Å². The highest BCUT2D eigenvalue weighted by molar-refractivity contribution is 5.35. The molecule has 0 saturated carbocycles. The lowest BCUT2D eigenvalue weighted by molar-refractivity contribution is 0.165. The highest BCUT2D eigenvalue weighted by Gasteiger charge is 2.21. The van der Waals surface area contributed by atoms with E-state index in [1.165, 1.54) is 0 Å². The molecule has 3 N–H and O–H groups in total. The molecule has 0 aromatic carbocycles. The number of aliphatic hydroxyl groups is 1. The van der Waals surface area contributed by atoms with Crippen LogP contribution in [0.2, 0.25) is 0 Å². The largest absolute Gasteiger partial charge is 0.387 e. The van der Waals surface area contributed by atoms with E-state index in [1.54, 1.807) is 10.9 Å². The minimum atomic E-state index is -0.468. The number of fused-ring (bicyclic) bond motifs is 1. The first-order valence-corrected chi connectivity index (χ1v) is 5.23. The molecule has 3 rings (SSSR count). The van der Waals surface area contributed by atoms with E-state index in [2.05, 4.69) is 20.6 Å². The van der Waals surface area contributed by atoms with Gasteiger partial charge in [-0.25, -0.2) is 4.68 Å². The highest BCUT2D eigenvalue weighted by Crippen LogP contribution is 2.22. The Labute approximate surface area is 92.3 Å². The van der Waals surface area contributed by atoms with Gasteiger partial charge in [-0.1, -0.05) is 0 Å². The van der Waals surface area contributed by atoms with Crippen LogP contribution in [0.15, 0.2) is 12.4 Å². The van der Waals surface area contributed by atoms with Crippen molar-refractivity contribution in [2.75, 3.05) is 6.54 Å². The topological polar surface area (TPSA) is 78.8 Å². The molecule has 1 aliphatic rings. The Morgan fingerprint density at radius 3 is 3.12 bits per heavy atom. The molecular formula is C10H13N5O. The summed E-state index contributed by atoms with van der Waals surface area (Å²) in [6.07, 6.45) is 3.14. The Morgan fingerprint density at radius 2 is 2.44 bits per heavy atom. The first-order chi connectivity index (χ1) is 7.75. The van der Waals surface area contributed by atoms with Gasteiger partial charge in [0.05, 0.1) is 23.7 Å². The number of hydrogen-bond donors (Lipinski definition) is 3. The lowest BCUT2D eigenvalue weighted by Crippen LogP contribution is -2.27. The first kappa shape index (κ1) is 9.56. The van der Waals surface area contributed by atoms with E-state index < -0.39 is 6.10 Å². The fourth-order valence-electron chi connectivity index (χ4n) is 1.97. The molecule has 0 bridgehead atoms. The van der Waals surface area contributed by atoms with E-state index in [9.17, 15) is 5.11 Å². The van der Waals surface area contributed by atoms with Gasteiger partial charge in [0.1, 0.15) is 5.69 Å². The van der Waals surface area contributed by atoms with Crippen molar-refractivity contribution < 1.29 is 5.11 Å².